The molecule has 0 fully saturated rings. The number of hydrogen-bond acceptors (Lipinski definition) is 2. The van der Waals surface area contributed by atoms with Gasteiger partial charge in [-0.25, -0.2) is 0 Å². The number of amides is 1. The molecule has 0 aromatic heterocycles. The second-order valence-electron chi connectivity index (χ2n) is 1.10. The zero-order valence-corrected chi connectivity index (χ0v) is 5.57. The monoisotopic (exact) mass is 153 g/mol. The number of rotatable bonds is 0. The molecule has 0 unspecified atom stereocenters. The molecule has 6 heteroatoms. The number of nitrogens with two attached hydrogens (primary N) is 1. The fourth-order valence-corrected chi connectivity index (χ4v) is 0.185. The van der Waals surface area contributed by atoms with Crippen molar-refractivity contribution >= 4 is 11.7 Å². The summed E-state index contributed by atoms with van der Waals surface area (Å²) in [5.74, 6) is -0.847. The second-order valence-corrected chi connectivity index (χ2v) is 1.10. The summed E-state index contributed by atoms with van der Waals surface area (Å²) in [5, 5.41) is 11.7. The van der Waals surface area contributed by atoms with Crippen LogP contribution in [0.2, 0.25) is 0 Å². The van der Waals surface area contributed by atoms with Crippen molar-refractivity contribution in [1.82, 2.24) is 5.32 Å². The third kappa shape index (κ3) is 3.60. The maximum absolute atomic E-state index is 10.2. The maximum Gasteiger partial charge on any atom is 0.370 e. The highest BCUT2D eigenvalue weighted by Crippen LogP contribution is 1.49. The van der Waals surface area contributed by atoms with E-state index in [0.717, 1.165) is 0 Å². The molecule has 1 amide bonds. The van der Waals surface area contributed by atoms with Gasteiger partial charge in [0.2, 0.25) is 0 Å². The molecule has 5 N–H and O–H groups in total. The first-order valence-electron chi connectivity index (χ1n) is 1.97. The molecule has 0 heterocycles. The molecule has 0 aromatic carbocycles. The lowest BCUT2D eigenvalue weighted by Crippen LogP contribution is -3.00. The standard InChI is InChI=1S/C3H7N3O2.ClH/c1-5-3(7)2(4)6-8;/h8H,1H3,(H2,4,6)(H,5,7);1H. The van der Waals surface area contributed by atoms with Crippen LogP contribution in [0.15, 0.2) is 0 Å². The smallest absolute Gasteiger partial charge is 0.370 e. The van der Waals surface area contributed by atoms with Gasteiger partial charge in [-0.1, -0.05) is 5.16 Å². The Balaban J connectivity index is 0. The summed E-state index contributed by atoms with van der Waals surface area (Å²) >= 11 is 0. The molecule has 0 spiro atoms. The van der Waals surface area contributed by atoms with E-state index >= 15 is 0 Å². The Bertz CT molecular complexity index is 124. The molecule has 0 radical (unpaired) electrons. The zero-order valence-electron chi connectivity index (χ0n) is 4.81. The van der Waals surface area contributed by atoms with Gasteiger partial charge in [-0.15, -0.1) is 0 Å². The largest absolute Gasteiger partial charge is 1.00 e. The van der Waals surface area contributed by atoms with Gasteiger partial charge in [-0.3, -0.25) is 10.5 Å². The Morgan fingerprint density at radius 3 is 2.33 bits per heavy atom. The molecule has 0 saturated heterocycles. The van der Waals surface area contributed by atoms with E-state index in [0.29, 0.717) is 0 Å². The molecule has 0 aliphatic rings. The lowest BCUT2D eigenvalue weighted by atomic mass is 10.6. The summed E-state index contributed by atoms with van der Waals surface area (Å²) in [4.78, 5) is 10.2. The second kappa shape index (κ2) is 5.17. The van der Waals surface area contributed by atoms with Crippen LogP contribution in [0.25, 0.3) is 0 Å². The summed E-state index contributed by atoms with van der Waals surface area (Å²) in [6.07, 6.45) is 0. The highest BCUT2D eigenvalue weighted by molar-refractivity contribution is 6.34. The Labute approximate surface area is 58.3 Å². The summed E-state index contributed by atoms with van der Waals surface area (Å²) < 4.78 is 0. The predicted octanol–water partition coefficient (Wildman–Crippen LogP) is -6.44. The van der Waals surface area contributed by atoms with E-state index in [9.17, 15) is 4.79 Å². The van der Waals surface area contributed by atoms with Crippen LogP contribution in [0.4, 0.5) is 0 Å². The van der Waals surface area contributed by atoms with Crippen LogP contribution in [0.3, 0.4) is 0 Å². The van der Waals surface area contributed by atoms with Crippen LogP contribution in [0, 0.1) is 0 Å². The van der Waals surface area contributed by atoms with Crippen molar-refractivity contribution in [3.63, 3.8) is 0 Å². The SMILES string of the molecule is CNC(=O)/C(N)=[NH+]\O.[Cl-]. The molecule has 0 bridgehead atoms. The van der Waals surface area contributed by atoms with Crippen LogP contribution < -0.4 is 28.6 Å². The van der Waals surface area contributed by atoms with Crippen molar-refractivity contribution in [1.29, 1.82) is 0 Å². The number of carbonyl (C=O) groups is 1. The van der Waals surface area contributed by atoms with Crippen LogP contribution in [-0.4, -0.2) is 24.0 Å². The summed E-state index contributed by atoms with van der Waals surface area (Å²) in [6.45, 7) is 0. The molecule has 54 valence electrons. The predicted molar refractivity (Wildman–Crippen MR) is 26.0 cm³/mol. The Hall–Kier alpha value is -0.970. The fourth-order valence-electron chi connectivity index (χ4n) is 0.185. The molecule has 0 rings (SSSR count). The minimum atomic E-state index is -0.535. The van der Waals surface area contributed by atoms with Crippen LogP contribution >= 0.6 is 0 Å². The topological polar surface area (TPSA) is 89.3 Å². The summed E-state index contributed by atoms with van der Waals surface area (Å²) in [7, 11) is 1.41. The Kier molecular flexibility index (Phi) is 6.27. The lowest BCUT2D eigenvalue weighted by molar-refractivity contribution is -0.737. The van der Waals surface area contributed by atoms with Gasteiger partial charge in [-0.2, -0.15) is 0 Å². The van der Waals surface area contributed by atoms with Crippen molar-refractivity contribution < 1.29 is 27.6 Å². The molecule has 5 nitrogen and oxygen atoms in total. The summed E-state index contributed by atoms with van der Waals surface area (Å²) in [6, 6.07) is 0. The number of amidine groups is 1. The van der Waals surface area contributed by atoms with Gasteiger partial charge in [-0.05, 0) is 0 Å². The van der Waals surface area contributed by atoms with Gasteiger partial charge >= 0.3 is 11.7 Å². The first-order chi connectivity index (χ1) is 3.72. The van der Waals surface area contributed by atoms with Gasteiger partial charge in [0.1, 0.15) is 0 Å². The van der Waals surface area contributed by atoms with Crippen LogP contribution in [0.5, 0.6) is 0 Å². The van der Waals surface area contributed by atoms with Gasteiger partial charge in [0.15, 0.2) is 0 Å². The van der Waals surface area contributed by atoms with Gasteiger partial charge in [0, 0.05) is 7.05 Å². The van der Waals surface area contributed by atoms with E-state index in [4.69, 9.17) is 10.9 Å². The van der Waals surface area contributed by atoms with E-state index in [1.165, 1.54) is 12.2 Å². The Morgan fingerprint density at radius 2 is 2.22 bits per heavy atom. The molecule has 0 aliphatic carbocycles. The number of hydrogen-bond donors (Lipinski definition) is 4. The number of carbonyl (C=O) groups excluding carboxylic acids is 1. The lowest BCUT2D eigenvalue weighted by Gasteiger charge is -1.86. The van der Waals surface area contributed by atoms with Gasteiger partial charge in [0.25, 0.3) is 0 Å². The third-order valence-electron chi connectivity index (χ3n) is 0.592. The average molecular weight is 154 g/mol. The van der Waals surface area contributed by atoms with Crippen molar-refractivity contribution in [3.05, 3.63) is 0 Å². The fraction of sp³-hybridized carbons (Fsp3) is 0.333. The van der Waals surface area contributed by atoms with Crippen molar-refractivity contribution in [2.75, 3.05) is 7.05 Å². The van der Waals surface area contributed by atoms with E-state index < -0.39 is 5.91 Å². The molecule has 0 atom stereocenters. The Morgan fingerprint density at radius 1 is 1.78 bits per heavy atom. The number of likely N-dealkylation sites (N-methyl/N-ethyl adjacent to an activating group) is 1. The average Bonchev–Trinajstić information content (AvgIpc) is 1.84. The van der Waals surface area contributed by atoms with E-state index in [1.54, 1.807) is 0 Å². The first-order valence-corrected chi connectivity index (χ1v) is 1.97. The molecular formula is C3H8ClN3O2. The first kappa shape index (κ1) is 10.9. The van der Waals surface area contributed by atoms with Crippen molar-refractivity contribution in [2.24, 2.45) is 5.73 Å². The molecule has 0 aromatic rings. The molecule has 0 saturated carbocycles. The van der Waals surface area contributed by atoms with Gasteiger partial charge in [0.05, 0.1) is 0 Å². The van der Waals surface area contributed by atoms with Crippen molar-refractivity contribution in [3.8, 4) is 0 Å². The van der Waals surface area contributed by atoms with Gasteiger partial charge < -0.3 is 22.9 Å². The van der Waals surface area contributed by atoms with E-state index in [-0.39, 0.29) is 18.2 Å². The van der Waals surface area contributed by atoms with Crippen molar-refractivity contribution in [2.45, 2.75) is 0 Å². The normalized spacial score (nSPS) is 9.67. The minimum Gasteiger partial charge on any atom is -1.00 e. The molecule has 9 heavy (non-hydrogen) atoms. The van der Waals surface area contributed by atoms with E-state index in [1.807, 2.05) is 0 Å². The highest BCUT2D eigenvalue weighted by Gasteiger charge is 2.08. The summed E-state index contributed by atoms with van der Waals surface area (Å²) in [5.41, 5.74) is 4.87. The van der Waals surface area contributed by atoms with Crippen LogP contribution in [-0.2, 0) is 4.79 Å². The van der Waals surface area contributed by atoms with Crippen LogP contribution in [0.1, 0.15) is 0 Å². The van der Waals surface area contributed by atoms with E-state index in [2.05, 4.69) is 5.32 Å². The quantitative estimate of drug-likeness (QED) is 0.121. The maximum atomic E-state index is 10.2. The minimum absolute atomic E-state index is 0. The molecular weight excluding hydrogens is 146 g/mol. The third-order valence-corrected chi connectivity index (χ3v) is 0.592. The highest BCUT2D eigenvalue weighted by atomic mass is 35.5. The zero-order chi connectivity index (χ0) is 6.57. The molecule has 0 aliphatic heterocycles. The number of nitrogens with one attached hydrogen (secondary N) is 2. The number of halogens is 1.